The van der Waals surface area contributed by atoms with E-state index < -0.39 is 250 Å². The van der Waals surface area contributed by atoms with Gasteiger partial charge in [-0.15, -0.1) is 0 Å². The van der Waals surface area contributed by atoms with E-state index in [0.717, 1.165) is 66.7 Å². The summed E-state index contributed by atoms with van der Waals surface area (Å²) in [4.78, 5) is 137. The van der Waals surface area contributed by atoms with Gasteiger partial charge in [0.15, 0.2) is 23.9 Å². The highest BCUT2D eigenvalue weighted by Crippen LogP contribution is 2.50. The SMILES string of the molecule is CNC(CC(C)C)C(=O)NC1C(=O)NC(CC(N)=O)C(=O)NC2C(=O)NC3C(=O)NC(C(=O)NC(C(=O)NNCCO)c4cc(O)cc(O)c4-c4cc3ccc4O)C(O)c3ccc(c(Cl)c3)Oc3cc2cc(c3OC2OC(CO)C(O)C(O)C2OC2CC(C)(NCc3cncc(NC(=O)/C=C/c4ccc(Cl)cc4)c3)C(O)C(C)O2)Oc2ccc(cc2Cl)C1O. The molecular weight excluding hydrogens is 1690 g/mol. The highest BCUT2D eigenvalue weighted by Gasteiger charge is 2.52. The molecule has 1 aromatic heterocycles. The maximum Gasteiger partial charge on any atom is 0.261 e. The number of carbonyl (C=O) groups excluding carboxylic acids is 9. The summed E-state index contributed by atoms with van der Waals surface area (Å²) in [5.74, 6) is -15.9. The molecular formula is C83H92Cl3N13O25. The zero-order chi connectivity index (χ0) is 89.4. The number of aliphatic hydroxyl groups excluding tert-OH is 7. The summed E-state index contributed by atoms with van der Waals surface area (Å²) in [6.07, 6.45) is -13.4. The van der Waals surface area contributed by atoms with Gasteiger partial charge in [0, 0.05) is 59.5 Å². The number of likely N-dealkylation sites (N-methyl/N-ethyl adjacent to an activating group) is 1. The van der Waals surface area contributed by atoms with Gasteiger partial charge in [-0.3, -0.25) is 53.6 Å². The number of benzene rings is 6. The Labute approximate surface area is 722 Å². The number of rotatable bonds is 22. The van der Waals surface area contributed by atoms with E-state index in [4.69, 9.17) is 69.0 Å². The number of aromatic nitrogens is 1. The largest absolute Gasteiger partial charge is 0.508 e. The van der Waals surface area contributed by atoms with Crippen LogP contribution in [-0.2, 0) is 63.9 Å². The van der Waals surface area contributed by atoms with Gasteiger partial charge in [0.2, 0.25) is 59.3 Å². The molecule has 7 aliphatic rings. The lowest BCUT2D eigenvalue weighted by Gasteiger charge is -2.48. The van der Waals surface area contributed by atoms with E-state index in [1.165, 1.54) is 44.6 Å². The van der Waals surface area contributed by atoms with Crippen molar-refractivity contribution in [2.24, 2.45) is 11.7 Å². The third-order valence-electron chi connectivity index (χ3n) is 21.3. The first-order chi connectivity index (χ1) is 59.0. The van der Waals surface area contributed by atoms with Gasteiger partial charge in [0.25, 0.3) is 5.91 Å². The Hall–Kier alpha value is -11.4. The number of aliphatic hydroxyl groups is 7. The number of anilines is 1. The monoisotopic (exact) mass is 1780 g/mol. The first kappa shape index (κ1) is 91.8. The van der Waals surface area contributed by atoms with Gasteiger partial charge in [0.1, 0.15) is 95.5 Å². The molecule has 7 aromatic rings. The van der Waals surface area contributed by atoms with Crippen molar-refractivity contribution in [3.63, 3.8) is 0 Å². The first-order valence-electron chi connectivity index (χ1n) is 39.0. The van der Waals surface area contributed by atoms with Crippen LogP contribution in [0.3, 0.4) is 0 Å². The van der Waals surface area contributed by atoms with Crippen LogP contribution in [0.2, 0.25) is 15.1 Å². The number of hydrogen-bond acceptors (Lipinski definition) is 29. The van der Waals surface area contributed by atoms with Crippen molar-refractivity contribution in [2.75, 3.05) is 32.1 Å². The molecule has 18 unspecified atom stereocenters. The molecule has 0 radical (unpaired) electrons. The molecule has 2 saturated heterocycles. The van der Waals surface area contributed by atoms with Crippen molar-refractivity contribution in [3.8, 4) is 57.1 Å². The Morgan fingerprint density at radius 2 is 1.36 bits per heavy atom. The number of phenols is 3. The topological polar surface area (TPSA) is 583 Å². The Kier molecular flexibility index (Phi) is 29.3. The number of pyridine rings is 1. The van der Waals surface area contributed by atoms with Gasteiger partial charge in [-0.25, -0.2) is 5.43 Å². The van der Waals surface area contributed by atoms with E-state index in [1.807, 2.05) is 13.8 Å². The lowest BCUT2D eigenvalue weighted by Crippen LogP contribution is -2.65. The molecule has 14 rings (SSSR count). The lowest BCUT2D eigenvalue weighted by molar-refractivity contribution is -0.334. The van der Waals surface area contributed by atoms with Crippen molar-refractivity contribution in [2.45, 2.75) is 163 Å². The summed E-state index contributed by atoms with van der Waals surface area (Å²) < 4.78 is 39.5. The highest BCUT2D eigenvalue weighted by atomic mass is 35.5. The molecule has 0 aliphatic carbocycles. The predicted molar refractivity (Wildman–Crippen MR) is 441 cm³/mol. The number of nitrogens with zero attached hydrogens (tertiary/aromatic N) is 1. The molecule has 7 aliphatic heterocycles. The number of aromatic hydroxyl groups is 3. The molecule has 0 spiro atoms. The van der Waals surface area contributed by atoms with Crippen LogP contribution in [0.4, 0.5) is 5.69 Å². The summed E-state index contributed by atoms with van der Waals surface area (Å²) in [6.45, 7) is 5.00. The minimum Gasteiger partial charge on any atom is -0.508 e. The van der Waals surface area contributed by atoms with E-state index in [-0.39, 0.29) is 59.3 Å². The second-order valence-corrected chi connectivity index (χ2v) is 32.0. The van der Waals surface area contributed by atoms with Crippen LogP contribution in [0.5, 0.6) is 46.0 Å². The lowest BCUT2D eigenvalue weighted by atomic mass is 9.84. The van der Waals surface area contributed by atoms with Crippen molar-refractivity contribution in [1.29, 1.82) is 0 Å². The number of amides is 9. The van der Waals surface area contributed by atoms with E-state index in [0.29, 0.717) is 21.8 Å². The number of nitrogens with one attached hydrogen (secondary N) is 11. The van der Waals surface area contributed by atoms with Crippen molar-refractivity contribution < 1.29 is 123 Å². The summed E-state index contributed by atoms with van der Waals surface area (Å²) in [7, 11) is 1.47. The molecule has 41 heteroatoms. The molecule has 11 bridgehead atoms. The van der Waals surface area contributed by atoms with Crippen LogP contribution in [0.1, 0.15) is 116 Å². The van der Waals surface area contributed by atoms with E-state index in [2.05, 4.69) is 63.7 Å². The van der Waals surface area contributed by atoms with E-state index in [9.17, 15) is 70.2 Å². The standard InChI is InChI=1S/C83H92Cl3N13O25/c1-35(2)20-50(88-5)75(112)97-66-68(107)40-10-15-54(48(85)23-40)120-56-25-42-26-57(72(56)124-82-73(71(110)70(109)58(34-101)122-82)123-61-30-83(4,74(111)36(3)119-61)90-32-38-21-44(33-89-31-38)92-60(106)17-8-37-6-12-43(84)13-7-37)121-55-16-11-41(24-49(55)86)69(108)67-80(117)96-65(81(118)99-91-18-19-100)47-27-45(102)28-53(104)62(47)46-22-39(9-14-52(46)103)63(77(114)98-67)95-78(115)64(42)94-76(113)51(29-59(87)105)93-79(66)116/h6-17,21-28,31,33,35-36,50-51,58,61,63-71,73-74,82,88,90-91,100-104,107-111H,18-20,29-30,32,34H2,1-5H3,(H2,87,105)(H,92,106)(H,93,116)(H,94,113)(H,95,115)(H,96,117)(H,97,112)(H,98,114)(H,99,118)/b17-8+. The van der Waals surface area contributed by atoms with Crippen molar-refractivity contribution in [3.05, 3.63) is 182 Å². The van der Waals surface area contributed by atoms with Crippen LogP contribution in [-0.4, -0.2) is 215 Å². The fourth-order valence-corrected chi connectivity index (χ4v) is 15.4. The summed E-state index contributed by atoms with van der Waals surface area (Å²) in [5.41, 5.74) is 8.07. The van der Waals surface area contributed by atoms with E-state index in [1.54, 1.807) is 43.3 Å². The molecule has 124 heavy (non-hydrogen) atoms. The number of halogens is 3. The Balaban J connectivity index is 1.02. The number of carbonyl (C=O) groups is 9. The van der Waals surface area contributed by atoms with Crippen LogP contribution in [0.15, 0.2) is 128 Å². The zero-order valence-corrected chi connectivity index (χ0v) is 69.1. The van der Waals surface area contributed by atoms with Crippen molar-refractivity contribution >= 4 is 99.7 Å². The molecule has 6 aromatic carbocycles. The smallest absolute Gasteiger partial charge is 0.261 e. The predicted octanol–water partition coefficient (Wildman–Crippen LogP) is 2.17. The average molecular weight is 1780 g/mol. The van der Waals surface area contributed by atoms with Gasteiger partial charge in [-0.05, 0) is 151 Å². The van der Waals surface area contributed by atoms with Crippen LogP contribution < -0.4 is 78.6 Å². The number of fused-ring (bicyclic) bond motifs is 15. The van der Waals surface area contributed by atoms with Crippen LogP contribution in [0.25, 0.3) is 17.2 Å². The third-order valence-corrected chi connectivity index (χ3v) is 22.1. The summed E-state index contributed by atoms with van der Waals surface area (Å²) in [6, 6.07) is 8.06. The Bertz CT molecular complexity index is 5230. The Morgan fingerprint density at radius 1 is 0.710 bits per heavy atom. The maximum absolute atomic E-state index is 16.3. The normalized spacial score (nSPS) is 26.1. The quantitative estimate of drug-likeness (QED) is 0.0263. The average Bonchev–Trinajstić information content (AvgIpc) is 0.766. The number of hydrazine groups is 1. The third kappa shape index (κ3) is 21.2. The second-order valence-electron chi connectivity index (χ2n) is 30.7. The van der Waals surface area contributed by atoms with Gasteiger partial charge in [0.05, 0.1) is 59.8 Å². The zero-order valence-electron chi connectivity index (χ0n) is 66.8. The molecule has 18 atom stereocenters. The molecule has 8 heterocycles. The Morgan fingerprint density at radius 3 is 2.01 bits per heavy atom. The number of ether oxygens (including phenoxy) is 6. The van der Waals surface area contributed by atoms with Gasteiger partial charge in [-0.1, -0.05) is 79.0 Å². The molecule has 0 saturated carbocycles. The minimum absolute atomic E-state index is 0.00506. The van der Waals surface area contributed by atoms with Crippen LogP contribution in [0, 0.1) is 5.92 Å². The fourth-order valence-electron chi connectivity index (χ4n) is 14.8. The minimum atomic E-state index is -2.39. The highest BCUT2D eigenvalue weighted by molar-refractivity contribution is 6.32. The summed E-state index contributed by atoms with van der Waals surface area (Å²) in [5, 5.41) is 140. The van der Waals surface area contributed by atoms with Gasteiger partial charge in [-0.2, -0.15) is 0 Å². The second kappa shape index (κ2) is 39.6. The molecule has 9 amide bonds. The van der Waals surface area contributed by atoms with E-state index >= 15 is 24.0 Å². The number of nitrogens with two attached hydrogens (primary N) is 1. The first-order valence-corrected chi connectivity index (χ1v) is 40.2. The number of hydrogen-bond donors (Lipinski definition) is 22. The molecule has 23 N–H and O–H groups in total. The summed E-state index contributed by atoms with van der Waals surface area (Å²) >= 11 is 20.4. The fraction of sp³-hybridized carbons (Fsp3) is 0.373. The van der Waals surface area contributed by atoms with Gasteiger partial charge < -0.3 is 133 Å². The van der Waals surface area contributed by atoms with Crippen LogP contribution >= 0.6 is 34.8 Å². The number of phenolic OH excluding ortho intramolecular Hbond substituents is 3. The molecule has 38 nitrogen and oxygen atoms in total. The molecule has 2 fully saturated rings. The maximum atomic E-state index is 16.3. The van der Waals surface area contributed by atoms with Gasteiger partial charge >= 0.3 is 0 Å². The van der Waals surface area contributed by atoms with Crippen molar-refractivity contribution in [1.82, 2.24) is 58.4 Å². The molecule has 660 valence electrons. The number of primary amides is 1.